The topological polar surface area (TPSA) is 30.7 Å². The van der Waals surface area contributed by atoms with Crippen molar-refractivity contribution in [2.75, 3.05) is 6.67 Å². The highest BCUT2D eigenvalue weighted by Gasteiger charge is 2.19. The molecule has 1 rings (SSSR count). The van der Waals surface area contributed by atoms with E-state index in [2.05, 4.69) is 10.3 Å². The lowest BCUT2D eigenvalue weighted by atomic mass is 10.1. The van der Waals surface area contributed by atoms with Crippen LogP contribution in [0.15, 0.2) is 12.4 Å². The summed E-state index contributed by atoms with van der Waals surface area (Å²) < 4.78 is 13.8. The second-order valence-electron chi connectivity index (χ2n) is 2.79. The van der Waals surface area contributed by atoms with Crippen LogP contribution in [0.25, 0.3) is 0 Å². The maximum Gasteiger partial charge on any atom is 0.114 e. The molecule has 56 valence electrons. The van der Waals surface area contributed by atoms with E-state index in [1.165, 1.54) is 10.9 Å². The summed E-state index contributed by atoms with van der Waals surface area (Å²) in [5, 5.41) is 7.27. The van der Waals surface area contributed by atoms with Crippen molar-refractivity contribution in [3.05, 3.63) is 12.4 Å². The number of aromatic nitrogens is 3. The molecule has 0 unspecified atom stereocenters. The standard InChI is InChI=1S/C6H10FN3/c1-6(2,5-7)10-4-3-8-9-10/h3-4H,5H2,1-2H3. The Kier molecular flexibility index (Phi) is 1.70. The van der Waals surface area contributed by atoms with E-state index in [-0.39, 0.29) is 0 Å². The van der Waals surface area contributed by atoms with Crippen molar-refractivity contribution < 1.29 is 4.39 Å². The number of rotatable bonds is 2. The van der Waals surface area contributed by atoms with Gasteiger partial charge in [0.15, 0.2) is 0 Å². The summed E-state index contributed by atoms with van der Waals surface area (Å²) >= 11 is 0. The number of alkyl halides is 1. The van der Waals surface area contributed by atoms with Gasteiger partial charge in [-0.15, -0.1) is 5.10 Å². The summed E-state index contributed by atoms with van der Waals surface area (Å²) in [4.78, 5) is 0. The van der Waals surface area contributed by atoms with Crippen LogP contribution in [-0.2, 0) is 5.54 Å². The van der Waals surface area contributed by atoms with Crippen LogP contribution < -0.4 is 0 Å². The highest BCUT2D eigenvalue weighted by Crippen LogP contribution is 2.12. The van der Waals surface area contributed by atoms with E-state index >= 15 is 0 Å². The Hall–Kier alpha value is -0.930. The summed E-state index contributed by atoms with van der Waals surface area (Å²) in [5.41, 5.74) is -0.559. The molecular weight excluding hydrogens is 133 g/mol. The lowest BCUT2D eigenvalue weighted by Gasteiger charge is -2.19. The first-order chi connectivity index (χ1) is 4.67. The summed E-state index contributed by atoms with van der Waals surface area (Å²) in [6.45, 7) is 3.10. The SMILES string of the molecule is CC(C)(CF)n1ccnn1. The van der Waals surface area contributed by atoms with Gasteiger partial charge in [-0.05, 0) is 13.8 Å². The molecule has 0 aromatic carbocycles. The molecular formula is C6H10FN3. The summed E-state index contributed by atoms with van der Waals surface area (Å²) in [7, 11) is 0. The Bertz CT molecular complexity index is 193. The van der Waals surface area contributed by atoms with Crippen molar-refractivity contribution >= 4 is 0 Å². The third-order valence-corrected chi connectivity index (χ3v) is 1.37. The monoisotopic (exact) mass is 143 g/mol. The third kappa shape index (κ3) is 1.15. The van der Waals surface area contributed by atoms with Gasteiger partial charge in [-0.1, -0.05) is 5.21 Å². The van der Waals surface area contributed by atoms with Gasteiger partial charge in [-0.3, -0.25) is 0 Å². The number of hydrogen-bond donors (Lipinski definition) is 0. The van der Waals surface area contributed by atoms with Gasteiger partial charge in [0.05, 0.1) is 11.7 Å². The zero-order chi connectivity index (χ0) is 7.61. The Morgan fingerprint density at radius 1 is 1.60 bits per heavy atom. The van der Waals surface area contributed by atoms with Crippen molar-refractivity contribution in [1.82, 2.24) is 15.0 Å². The molecule has 0 saturated carbocycles. The molecule has 0 atom stereocenters. The number of hydrogen-bond acceptors (Lipinski definition) is 2. The second-order valence-corrected chi connectivity index (χ2v) is 2.79. The Balaban J connectivity index is 2.85. The van der Waals surface area contributed by atoms with Crippen LogP contribution in [0.4, 0.5) is 4.39 Å². The Morgan fingerprint density at radius 2 is 2.30 bits per heavy atom. The predicted molar refractivity (Wildman–Crippen MR) is 35.3 cm³/mol. The molecule has 0 amide bonds. The molecule has 0 N–H and O–H groups in total. The maximum absolute atomic E-state index is 12.2. The van der Waals surface area contributed by atoms with Crippen LogP contribution >= 0.6 is 0 Å². The minimum absolute atomic E-state index is 0.434. The van der Waals surface area contributed by atoms with Gasteiger partial charge >= 0.3 is 0 Å². The normalized spacial score (nSPS) is 11.9. The lowest BCUT2D eigenvalue weighted by Crippen LogP contribution is -2.29. The second kappa shape index (κ2) is 2.36. The van der Waals surface area contributed by atoms with Gasteiger partial charge in [-0.2, -0.15) is 0 Å². The molecule has 0 aliphatic rings. The van der Waals surface area contributed by atoms with E-state index in [1.54, 1.807) is 20.0 Å². The molecule has 0 bridgehead atoms. The molecule has 1 heterocycles. The fourth-order valence-corrected chi connectivity index (χ4v) is 0.592. The van der Waals surface area contributed by atoms with E-state index < -0.39 is 12.2 Å². The molecule has 1 aromatic rings. The highest BCUT2D eigenvalue weighted by atomic mass is 19.1. The number of halogens is 1. The Labute approximate surface area is 58.9 Å². The average Bonchev–Trinajstić information content (AvgIpc) is 2.38. The fraction of sp³-hybridized carbons (Fsp3) is 0.667. The van der Waals surface area contributed by atoms with Crippen molar-refractivity contribution in [2.45, 2.75) is 19.4 Å². The van der Waals surface area contributed by atoms with Crippen LogP contribution in [0.3, 0.4) is 0 Å². The van der Waals surface area contributed by atoms with Crippen molar-refractivity contribution in [1.29, 1.82) is 0 Å². The predicted octanol–water partition coefficient (Wildman–Crippen LogP) is 0.983. The van der Waals surface area contributed by atoms with Gasteiger partial charge in [0.2, 0.25) is 0 Å². The molecule has 10 heavy (non-hydrogen) atoms. The van der Waals surface area contributed by atoms with Gasteiger partial charge in [-0.25, -0.2) is 9.07 Å². The molecule has 0 saturated heterocycles. The maximum atomic E-state index is 12.2. The van der Waals surface area contributed by atoms with E-state index in [0.29, 0.717) is 0 Å². The van der Waals surface area contributed by atoms with Gasteiger partial charge in [0.1, 0.15) is 6.67 Å². The van der Waals surface area contributed by atoms with Crippen molar-refractivity contribution in [3.8, 4) is 0 Å². The van der Waals surface area contributed by atoms with Crippen LogP contribution in [0.2, 0.25) is 0 Å². The minimum atomic E-state index is -0.559. The van der Waals surface area contributed by atoms with Crippen LogP contribution in [-0.4, -0.2) is 21.7 Å². The molecule has 0 radical (unpaired) electrons. The van der Waals surface area contributed by atoms with Crippen molar-refractivity contribution in [2.24, 2.45) is 0 Å². The largest absolute Gasteiger partial charge is 0.248 e. The first kappa shape index (κ1) is 7.18. The summed E-state index contributed by atoms with van der Waals surface area (Å²) in [6, 6.07) is 0. The van der Waals surface area contributed by atoms with E-state index in [4.69, 9.17) is 0 Å². The molecule has 4 heteroatoms. The quantitative estimate of drug-likeness (QED) is 0.618. The smallest absolute Gasteiger partial charge is 0.114 e. The van der Waals surface area contributed by atoms with Crippen LogP contribution in [0, 0.1) is 0 Å². The van der Waals surface area contributed by atoms with Gasteiger partial charge in [0, 0.05) is 6.20 Å². The van der Waals surface area contributed by atoms with E-state index in [9.17, 15) is 4.39 Å². The Morgan fingerprint density at radius 3 is 2.70 bits per heavy atom. The minimum Gasteiger partial charge on any atom is -0.248 e. The molecule has 0 fully saturated rings. The third-order valence-electron chi connectivity index (χ3n) is 1.37. The zero-order valence-electron chi connectivity index (χ0n) is 6.08. The summed E-state index contributed by atoms with van der Waals surface area (Å²) in [6.07, 6.45) is 3.19. The molecule has 3 nitrogen and oxygen atoms in total. The number of nitrogens with zero attached hydrogens (tertiary/aromatic N) is 3. The van der Waals surface area contributed by atoms with Crippen molar-refractivity contribution in [3.63, 3.8) is 0 Å². The lowest BCUT2D eigenvalue weighted by molar-refractivity contribution is 0.232. The fourth-order valence-electron chi connectivity index (χ4n) is 0.592. The van der Waals surface area contributed by atoms with Gasteiger partial charge in [0.25, 0.3) is 0 Å². The van der Waals surface area contributed by atoms with Gasteiger partial charge < -0.3 is 0 Å². The first-order valence-corrected chi connectivity index (χ1v) is 3.09. The zero-order valence-corrected chi connectivity index (χ0v) is 6.08. The first-order valence-electron chi connectivity index (χ1n) is 3.09. The highest BCUT2D eigenvalue weighted by molar-refractivity contribution is 4.78. The van der Waals surface area contributed by atoms with E-state index in [0.717, 1.165) is 0 Å². The molecule has 1 aromatic heterocycles. The average molecular weight is 143 g/mol. The summed E-state index contributed by atoms with van der Waals surface area (Å²) in [5.74, 6) is 0. The van der Waals surface area contributed by atoms with Crippen LogP contribution in [0.1, 0.15) is 13.8 Å². The van der Waals surface area contributed by atoms with E-state index in [1.807, 2.05) is 0 Å². The molecule has 0 aliphatic carbocycles. The van der Waals surface area contributed by atoms with Crippen LogP contribution in [0.5, 0.6) is 0 Å². The molecule has 0 aliphatic heterocycles. The molecule has 0 spiro atoms.